The Morgan fingerprint density at radius 1 is 0.575 bits per heavy atom. The first-order valence-corrected chi connectivity index (χ1v) is 17.7. The van der Waals surface area contributed by atoms with E-state index in [1.54, 1.807) is 0 Å². The van der Waals surface area contributed by atoms with Gasteiger partial charge >= 0.3 is 6.16 Å². The fourth-order valence-electron chi connectivity index (χ4n) is 5.24. The fourth-order valence-corrected chi connectivity index (χ4v) is 5.24. The van der Waals surface area contributed by atoms with E-state index < -0.39 is 6.16 Å². The Labute approximate surface area is 251 Å². The van der Waals surface area contributed by atoms with Crippen LogP contribution in [0, 0.1) is 0 Å². The normalized spacial score (nSPS) is 12.4. The topological polar surface area (TPSA) is 38.8 Å². The van der Waals surface area contributed by atoms with Crippen LogP contribution in [0.15, 0.2) is 12.2 Å². The molecule has 0 aliphatic carbocycles. The van der Waals surface area contributed by atoms with Gasteiger partial charge in [0.1, 0.15) is 6.10 Å². The van der Waals surface area contributed by atoms with E-state index in [0.29, 0.717) is 6.61 Å². The van der Waals surface area contributed by atoms with Crippen LogP contribution in [0.4, 0.5) is 4.79 Å². The molecule has 4 nitrogen and oxygen atoms in total. The van der Waals surface area contributed by atoms with Crippen LogP contribution in [0.1, 0.15) is 181 Å². The number of unbranched alkanes of at least 4 members (excludes halogenated alkanes) is 20. The predicted molar refractivity (Wildman–Crippen MR) is 175 cm³/mol. The summed E-state index contributed by atoms with van der Waals surface area (Å²) in [6.07, 6.45) is 37.2. The van der Waals surface area contributed by atoms with Crippen LogP contribution in [-0.2, 0) is 9.47 Å². The number of hydrogen-bond donors (Lipinski definition) is 0. The third-order valence-corrected chi connectivity index (χ3v) is 7.90. The van der Waals surface area contributed by atoms with E-state index in [1.165, 1.54) is 128 Å². The van der Waals surface area contributed by atoms with Crippen LogP contribution in [0.25, 0.3) is 0 Å². The molecule has 0 heterocycles. The summed E-state index contributed by atoms with van der Waals surface area (Å²) in [5.41, 5.74) is 0. The highest BCUT2D eigenvalue weighted by molar-refractivity contribution is 5.60. The first kappa shape index (κ1) is 39.0. The lowest BCUT2D eigenvalue weighted by Crippen LogP contribution is -2.20. The summed E-state index contributed by atoms with van der Waals surface area (Å²) in [4.78, 5) is 14.5. The molecule has 0 aromatic carbocycles. The summed E-state index contributed by atoms with van der Waals surface area (Å²) in [6.45, 7) is 6.04. The SMILES string of the molecule is CCCCCCCC/C=C\CCCCCCCC(CCCCCCCCCCC)OC(=O)OCCCCN(C)C. The number of nitrogens with zero attached hydrogens (tertiary/aromatic N) is 1. The smallest absolute Gasteiger partial charge is 0.434 e. The molecule has 238 valence electrons. The van der Waals surface area contributed by atoms with Crippen molar-refractivity contribution in [3.63, 3.8) is 0 Å². The molecule has 0 saturated heterocycles. The van der Waals surface area contributed by atoms with Crippen molar-refractivity contribution >= 4 is 6.16 Å². The molecule has 0 fully saturated rings. The summed E-state index contributed by atoms with van der Waals surface area (Å²) in [5.74, 6) is 0. The maximum absolute atomic E-state index is 12.3. The highest BCUT2D eigenvalue weighted by Crippen LogP contribution is 2.18. The van der Waals surface area contributed by atoms with Crippen LogP contribution in [-0.4, -0.2) is 44.4 Å². The molecule has 1 unspecified atom stereocenters. The Bertz CT molecular complexity index is 534. The van der Waals surface area contributed by atoms with Gasteiger partial charge < -0.3 is 14.4 Å². The zero-order valence-electron chi connectivity index (χ0n) is 27.7. The number of rotatable bonds is 31. The Hall–Kier alpha value is -1.03. The van der Waals surface area contributed by atoms with Crippen molar-refractivity contribution in [3.05, 3.63) is 12.2 Å². The summed E-state index contributed by atoms with van der Waals surface area (Å²) < 4.78 is 11.2. The van der Waals surface area contributed by atoms with Gasteiger partial charge in [-0.15, -0.1) is 0 Å². The predicted octanol–water partition coefficient (Wildman–Crippen LogP) is 11.8. The van der Waals surface area contributed by atoms with E-state index in [2.05, 4.69) is 45.0 Å². The van der Waals surface area contributed by atoms with Gasteiger partial charge in [0.25, 0.3) is 0 Å². The zero-order valence-corrected chi connectivity index (χ0v) is 27.7. The number of allylic oxidation sites excluding steroid dienone is 2. The summed E-state index contributed by atoms with van der Waals surface area (Å²) in [5, 5.41) is 0. The van der Waals surface area contributed by atoms with Gasteiger partial charge in [-0.2, -0.15) is 0 Å². The second-order valence-corrected chi connectivity index (χ2v) is 12.3. The summed E-state index contributed by atoms with van der Waals surface area (Å²) in [6, 6.07) is 0. The highest BCUT2D eigenvalue weighted by Gasteiger charge is 2.15. The zero-order chi connectivity index (χ0) is 29.4. The van der Waals surface area contributed by atoms with Crippen molar-refractivity contribution in [2.24, 2.45) is 0 Å². The Morgan fingerprint density at radius 2 is 1.00 bits per heavy atom. The van der Waals surface area contributed by atoms with E-state index in [4.69, 9.17) is 9.47 Å². The molecule has 0 saturated carbocycles. The third kappa shape index (κ3) is 31.5. The van der Waals surface area contributed by atoms with Gasteiger partial charge in [-0.25, -0.2) is 4.79 Å². The Morgan fingerprint density at radius 3 is 1.45 bits per heavy atom. The van der Waals surface area contributed by atoms with Crippen LogP contribution >= 0.6 is 0 Å². The minimum absolute atomic E-state index is 0.0173. The molecule has 40 heavy (non-hydrogen) atoms. The van der Waals surface area contributed by atoms with Crippen molar-refractivity contribution in [2.45, 2.75) is 187 Å². The molecule has 4 heteroatoms. The second kappa shape index (κ2) is 32.5. The molecule has 0 aliphatic heterocycles. The fraction of sp³-hybridized carbons (Fsp3) is 0.917. The molecular formula is C36H71NO3. The van der Waals surface area contributed by atoms with Crippen molar-refractivity contribution in [1.29, 1.82) is 0 Å². The largest absolute Gasteiger partial charge is 0.508 e. The molecule has 0 radical (unpaired) electrons. The summed E-state index contributed by atoms with van der Waals surface area (Å²) in [7, 11) is 4.14. The maximum atomic E-state index is 12.3. The lowest BCUT2D eigenvalue weighted by atomic mass is 10.0. The van der Waals surface area contributed by atoms with Crippen LogP contribution in [0.2, 0.25) is 0 Å². The summed E-state index contributed by atoms with van der Waals surface area (Å²) >= 11 is 0. The monoisotopic (exact) mass is 566 g/mol. The molecule has 0 bridgehead atoms. The van der Waals surface area contributed by atoms with Gasteiger partial charge in [-0.3, -0.25) is 0 Å². The molecule has 0 amide bonds. The van der Waals surface area contributed by atoms with Crippen LogP contribution in [0.3, 0.4) is 0 Å². The molecular weight excluding hydrogens is 494 g/mol. The van der Waals surface area contributed by atoms with Gasteiger partial charge in [0.15, 0.2) is 0 Å². The van der Waals surface area contributed by atoms with E-state index in [-0.39, 0.29) is 6.10 Å². The second-order valence-electron chi connectivity index (χ2n) is 12.3. The van der Waals surface area contributed by atoms with Crippen molar-refractivity contribution in [1.82, 2.24) is 4.90 Å². The van der Waals surface area contributed by atoms with Gasteiger partial charge in [0.05, 0.1) is 6.61 Å². The lowest BCUT2D eigenvalue weighted by Gasteiger charge is -2.18. The molecule has 0 rings (SSSR count). The van der Waals surface area contributed by atoms with E-state index in [9.17, 15) is 4.79 Å². The van der Waals surface area contributed by atoms with Gasteiger partial charge in [-0.1, -0.05) is 129 Å². The van der Waals surface area contributed by atoms with Crippen molar-refractivity contribution < 1.29 is 14.3 Å². The van der Waals surface area contributed by atoms with Crippen molar-refractivity contribution in [3.8, 4) is 0 Å². The van der Waals surface area contributed by atoms with E-state index in [1.807, 2.05) is 0 Å². The quantitative estimate of drug-likeness (QED) is 0.0476. The number of hydrogen-bond acceptors (Lipinski definition) is 4. The minimum atomic E-state index is -0.460. The number of ether oxygens (including phenoxy) is 2. The van der Waals surface area contributed by atoms with Crippen LogP contribution < -0.4 is 0 Å². The molecule has 0 aromatic rings. The minimum Gasteiger partial charge on any atom is -0.434 e. The average molecular weight is 566 g/mol. The standard InChI is InChI=1S/C36H71NO3/c1-5-7-9-11-13-15-16-17-18-19-20-22-24-26-28-32-35(31-27-25-23-21-14-12-10-8-6-2)40-36(38)39-34-30-29-33-37(3)4/h17-18,35H,5-16,19-34H2,1-4H3/b18-17-. The Kier molecular flexibility index (Phi) is 31.6. The van der Waals surface area contributed by atoms with E-state index >= 15 is 0 Å². The first-order chi connectivity index (χ1) is 19.6. The number of carbonyl (C=O) groups is 1. The van der Waals surface area contributed by atoms with Crippen molar-refractivity contribution in [2.75, 3.05) is 27.2 Å². The molecule has 1 atom stereocenters. The maximum Gasteiger partial charge on any atom is 0.508 e. The molecule has 0 aromatic heterocycles. The lowest BCUT2D eigenvalue weighted by molar-refractivity contribution is 0.0153. The highest BCUT2D eigenvalue weighted by atomic mass is 16.7. The number of carbonyl (C=O) groups excluding carboxylic acids is 1. The molecule has 0 spiro atoms. The first-order valence-electron chi connectivity index (χ1n) is 17.7. The average Bonchev–Trinajstić information content (AvgIpc) is 2.93. The molecule has 0 N–H and O–H groups in total. The molecule has 0 aliphatic rings. The third-order valence-electron chi connectivity index (χ3n) is 7.90. The van der Waals surface area contributed by atoms with Gasteiger partial charge in [0, 0.05) is 0 Å². The van der Waals surface area contributed by atoms with Crippen LogP contribution in [0.5, 0.6) is 0 Å². The van der Waals surface area contributed by atoms with E-state index in [0.717, 1.165) is 45.1 Å². The van der Waals surface area contributed by atoms with Gasteiger partial charge in [0.2, 0.25) is 0 Å². The Balaban J connectivity index is 4.02. The van der Waals surface area contributed by atoms with Gasteiger partial charge in [-0.05, 0) is 84.8 Å².